The molecule has 0 spiro atoms. The highest BCUT2D eigenvalue weighted by molar-refractivity contribution is 6.05. The first-order valence-electron chi connectivity index (χ1n) is 10.7. The van der Waals surface area contributed by atoms with Crippen LogP contribution in [0.15, 0.2) is 36.4 Å². The molecular formula is C25H30N2O6. The van der Waals surface area contributed by atoms with Crippen LogP contribution < -0.4 is 19.7 Å². The number of amides is 2. The van der Waals surface area contributed by atoms with E-state index in [1.54, 1.807) is 25.7 Å². The maximum Gasteiger partial charge on any atom is 0.341 e. The lowest BCUT2D eigenvalue weighted by Gasteiger charge is -2.23. The fraction of sp³-hybridized carbons (Fsp3) is 0.400. The van der Waals surface area contributed by atoms with Gasteiger partial charge in [0, 0.05) is 29.8 Å². The van der Waals surface area contributed by atoms with Crippen molar-refractivity contribution in [3.05, 3.63) is 47.5 Å². The fourth-order valence-corrected chi connectivity index (χ4v) is 3.52. The number of hydrogen-bond acceptors (Lipinski definition) is 6. The van der Waals surface area contributed by atoms with Crippen molar-refractivity contribution in [2.45, 2.75) is 40.2 Å². The maximum absolute atomic E-state index is 13.1. The molecule has 1 atom stereocenters. The molecule has 0 fully saturated rings. The number of anilines is 2. The fourth-order valence-electron chi connectivity index (χ4n) is 3.52. The van der Waals surface area contributed by atoms with Gasteiger partial charge in [0.05, 0.1) is 25.5 Å². The summed E-state index contributed by atoms with van der Waals surface area (Å²) in [6, 6.07) is 10.6. The summed E-state index contributed by atoms with van der Waals surface area (Å²) in [4.78, 5) is 40.3. The smallest absolute Gasteiger partial charge is 0.341 e. The highest BCUT2D eigenvalue weighted by atomic mass is 16.5. The molecule has 0 aromatic heterocycles. The van der Waals surface area contributed by atoms with Gasteiger partial charge in [0.25, 0.3) is 5.91 Å². The van der Waals surface area contributed by atoms with Crippen LogP contribution in [-0.2, 0) is 20.7 Å². The van der Waals surface area contributed by atoms with Crippen LogP contribution in [0.25, 0.3) is 0 Å². The maximum atomic E-state index is 13.1. The van der Waals surface area contributed by atoms with Gasteiger partial charge in [-0.05, 0) is 25.0 Å². The van der Waals surface area contributed by atoms with E-state index in [0.29, 0.717) is 18.0 Å². The first-order chi connectivity index (χ1) is 15.6. The molecule has 8 heteroatoms. The molecule has 2 aromatic carbocycles. The van der Waals surface area contributed by atoms with Gasteiger partial charge in [0.2, 0.25) is 5.91 Å². The minimum absolute atomic E-state index is 0.0618. The minimum Gasteiger partial charge on any atom is -0.493 e. The second-order valence-corrected chi connectivity index (χ2v) is 8.87. The lowest BCUT2D eigenvalue weighted by molar-refractivity contribution is -0.126. The summed E-state index contributed by atoms with van der Waals surface area (Å²) in [6.07, 6.45) is -0.274. The molecule has 0 saturated heterocycles. The van der Waals surface area contributed by atoms with Crippen LogP contribution in [0, 0.1) is 5.41 Å². The van der Waals surface area contributed by atoms with Crippen molar-refractivity contribution >= 4 is 29.2 Å². The van der Waals surface area contributed by atoms with Crippen LogP contribution in [0.3, 0.4) is 0 Å². The summed E-state index contributed by atoms with van der Waals surface area (Å²) in [6.45, 7) is 7.35. The molecule has 0 saturated carbocycles. The van der Waals surface area contributed by atoms with Crippen LogP contribution in [0.5, 0.6) is 11.5 Å². The molecule has 2 aromatic rings. The normalized spacial score (nSPS) is 13.7. The molecule has 0 unspecified atom stereocenters. The van der Waals surface area contributed by atoms with Crippen LogP contribution in [0.4, 0.5) is 11.4 Å². The molecule has 1 heterocycles. The number of benzene rings is 2. The van der Waals surface area contributed by atoms with Crippen molar-refractivity contribution in [1.29, 1.82) is 0 Å². The first-order valence-corrected chi connectivity index (χ1v) is 10.7. The Labute approximate surface area is 193 Å². The number of carbonyl (C=O) groups is 3. The molecule has 1 aliphatic rings. The van der Waals surface area contributed by atoms with E-state index in [1.807, 2.05) is 24.3 Å². The number of hydrogen-bond donors (Lipinski definition) is 1. The van der Waals surface area contributed by atoms with Gasteiger partial charge in [-0.3, -0.25) is 9.59 Å². The molecule has 1 aliphatic heterocycles. The zero-order valence-corrected chi connectivity index (χ0v) is 19.9. The van der Waals surface area contributed by atoms with E-state index in [1.165, 1.54) is 33.3 Å². The molecule has 0 bridgehead atoms. The number of fused-ring (bicyclic) bond motifs is 1. The highest BCUT2D eigenvalue weighted by Crippen LogP contribution is 2.35. The molecule has 176 valence electrons. The number of methoxy groups -OCH3 is 2. The lowest BCUT2D eigenvalue weighted by Crippen LogP contribution is -2.39. The Morgan fingerprint density at radius 3 is 2.30 bits per heavy atom. The van der Waals surface area contributed by atoms with E-state index in [9.17, 15) is 14.4 Å². The number of rotatable bonds is 6. The zero-order valence-electron chi connectivity index (χ0n) is 19.9. The van der Waals surface area contributed by atoms with E-state index < -0.39 is 17.5 Å². The number of ether oxygens (including phenoxy) is 3. The monoisotopic (exact) mass is 454 g/mol. The summed E-state index contributed by atoms with van der Waals surface area (Å²) in [5.41, 5.74) is 1.49. The third kappa shape index (κ3) is 5.10. The summed E-state index contributed by atoms with van der Waals surface area (Å²) in [7, 11) is 2.90. The molecule has 8 nitrogen and oxygen atoms in total. The number of nitrogens with zero attached hydrogens (tertiary/aromatic N) is 1. The zero-order chi connectivity index (χ0) is 24.3. The van der Waals surface area contributed by atoms with Crippen molar-refractivity contribution in [3.63, 3.8) is 0 Å². The number of carbonyl (C=O) groups excluding carboxylic acids is 3. The number of esters is 1. The van der Waals surface area contributed by atoms with Gasteiger partial charge in [-0.15, -0.1) is 0 Å². The Hall–Kier alpha value is -3.55. The van der Waals surface area contributed by atoms with Crippen molar-refractivity contribution in [2.75, 3.05) is 31.0 Å². The molecule has 0 aliphatic carbocycles. The first kappa shape index (κ1) is 24.1. The number of nitrogens with one attached hydrogen (secondary N) is 1. The van der Waals surface area contributed by atoms with Gasteiger partial charge < -0.3 is 24.4 Å². The summed E-state index contributed by atoms with van der Waals surface area (Å²) >= 11 is 0. The minimum atomic E-state index is -1.03. The summed E-state index contributed by atoms with van der Waals surface area (Å²) < 4.78 is 16.1. The summed E-state index contributed by atoms with van der Waals surface area (Å²) in [5, 5.41) is 2.76. The van der Waals surface area contributed by atoms with Gasteiger partial charge >= 0.3 is 5.97 Å². The SMILES string of the molecule is COc1cc(NC(=O)C(C)(C)C)c(C(=O)O[C@@H](C)C(=O)N2CCc3ccccc32)cc1OC. The standard InChI is InChI=1S/C25H30N2O6/c1-15(22(28)27-12-11-16-9-7-8-10-19(16)27)33-23(29)17-13-20(31-5)21(32-6)14-18(17)26-24(30)25(2,3)4/h7-10,13-15H,11-12H2,1-6H3,(H,26,30)/t15-/m0/s1. The molecule has 33 heavy (non-hydrogen) atoms. The van der Waals surface area contributed by atoms with Gasteiger partial charge in [-0.25, -0.2) is 4.79 Å². The predicted molar refractivity (Wildman–Crippen MR) is 125 cm³/mol. The molecule has 2 amide bonds. The van der Waals surface area contributed by atoms with E-state index in [0.717, 1.165) is 17.7 Å². The van der Waals surface area contributed by atoms with E-state index in [-0.39, 0.29) is 23.1 Å². The van der Waals surface area contributed by atoms with Gasteiger partial charge in [0.15, 0.2) is 17.6 Å². The van der Waals surface area contributed by atoms with Crippen molar-refractivity contribution < 1.29 is 28.6 Å². The highest BCUT2D eigenvalue weighted by Gasteiger charge is 2.31. The van der Waals surface area contributed by atoms with Crippen molar-refractivity contribution in [3.8, 4) is 11.5 Å². The van der Waals surface area contributed by atoms with Gasteiger partial charge in [0.1, 0.15) is 0 Å². The lowest BCUT2D eigenvalue weighted by atomic mass is 9.95. The van der Waals surface area contributed by atoms with Crippen LogP contribution in [-0.4, -0.2) is 44.7 Å². The van der Waals surface area contributed by atoms with E-state index in [2.05, 4.69) is 5.32 Å². The van der Waals surface area contributed by atoms with Crippen molar-refractivity contribution in [1.82, 2.24) is 0 Å². The Kier molecular flexibility index (Phi) is 6.95. The second-order valence-electron chi connectivity index (χ2n) is 8.87. The third-order valence-electron chi connectivity index (χ3n) is 5.46. The topological polar surface area (TPSA) is 94.2 Å². The second kappa shape index (κ2) is 9.52. The third-order valence-corrected chi connectivity index (χ3v) is 5.46. The van der Waals surface area contributed by atoms with Crippen molar-refractivity contribution in [2.24, 2.45) is 5.41 Å². The Morgan fingerprint density at radius 2 is 1.67 bits per heavy atom. The Morgan fingerprint density at radius 1 is 1.03 bits per heavy atom. The van der Waals surface area contributed by atoms with Gasteiger partial charge in [-0.2, -0.15) is 0 Å². The average Bonchev–Trinajstić information content (AvgIpc) is 3.21. The molecule has 3 rings (SSSR count). The van der Waals surface area contributed by atoms with Crippen LogP contribution in [0.1, 0.15) is 43.6 Å². The molecular weight excluding hydrogens is 424 g/mol. The van der Waals surface area contributed by atoms with E-state index in [4.69, 9.17) is 14.2 Å². The number of para-hydroxylation sites is 1. The predicted octanol–water partition coefficient (Wildman–Crippen LogP) is 3.82. The van der Waals surface area contributed by atoms with Crippen LogP contribution in [0.2, 0.25) is 0 Å². The largest absolute Gasteiger partial charge is 0.493 e. The quantitative estimate of drug-likeness (QED) is 0.667. The van der Waals surface area contributed by atoms with Gasteiger partial charge in [-0.1, -0.05) is 39.0 Å². The molecule has 1 N–H and O–H groups in total. The average molecular weight is 455 g/mol. The Bertz CT molecular complexity index is 1070. The Balaban J connectivity index is 1.86. The van der Waals surface area contributed by atoms with Crippen LogP contribution >= 0.6 is 0 Å². The van der Waals surface area contributed by atoms with E-state index >= 15 is 0 Å². The molecule has 0 radical (unpaired) electrons. The summed E-state index contributed by atoms with van der Waals surface area (Å²) in [5.74, 6) is -0.717.